The highest BCUT2D eigenvalue weighted by atomic mass is 16.6. The molecule has 2 N–H and O–H groups in total. The number of pyridine rings is 1. The molecule has 1 amide bonds. The van der Waals surface area contributed by atoms with Crippen molar-refractivity contribution in [3.8, 4) is 0 Å². The summed E-state index contributed by atoms with van der Waals surface area (Å²) in [5, 5.41) is 25.2. The van der Waals surface area contributed by atoms with Gasteiger partial charge in [-0.15, -0.1) is 0 Å². The molecular formula is C11H9N5O5. The second-order valence-corrected chi connectivity index (χ2v) is 3.91. The van der Waals surface area contributed by atoms with Gasteiger partial charge in [0.1, 0.15) is 12.2 Å². The van der Waals surface area contributed by atoms with Gasteiger partial charge in [-0.25, -0.2) is 9.78 Å². The first-order chi connectivity index (χ1) is 9.95. The van der Waals surface area contributed by atoms with Gasteiger partial charge in [-0.3, -0.25) is 4.79 Å². The highest BCUT2D eigenvalue weighted by Crippen LogP contribution is 2.08. The molecule has 0 saturated heterocycles. The maximum Gasteiger partial charge on any atom is 0.389 e. The number of amides is 1. The number of nitro groups is 1. The maximum absolute atomic E-state index is 11.7. The Hall–Kier alpha value is -3.30. The number of hydrogen-bond donors (Lipinski definition) is 2. The molecule has 2 rings (SSSR count). The minimum absolute atomic E-state index is 0.143. The van der Waals surface area contributed by atoms with Gasteiger partial charge in [0.15, 0.2) is 0 Å². The summed E-state index contributed by atoms with van der Waals surface area (Å²) in [6.07, 6.45) is 2.51. The van der Waals surface area contributed by atoms with Crippen molar-refractivity contribution in [2.45, 2.75) is 6.54 Å². The van der Waals surface area contributed by atoms with Gasteiger partial charge in [0, 0.05) is 0 Å². The van der Waals surface area contributed by atoms with E-state index in [-0.39, 0.29) is 18.1 Å². The molecule has 0 radical (unpaired) electrons. The third-order valence-corrected chi connectivity index (χ3v) is 2.39. The van der Waals surface area contributed by atoms with Crippen LogP contribution < -0.4 is 5.32 Å². The normalized spacial score (nSPS) is 10.1. The zero-order chi connectivity index (χ0) is 15.4. The van der Waals surface area contributed by atoms with Gasteiger partial charge in [0.05, 0.1) is 29.2 Å². The predicted octanol–water partition coefficient (Wildman–Crippen LogP) is 0.523. The van der Waals surface area contributed by atoms with E-state index in [0.29, 0.717) is 5.69 Å². The molecule has 0 atom stereocenters. The van der Waals surface area contributed by atoms with Crippen molar-refractivity contribution in [1.82, 2.24) is 14.8 Å². The molecule has 108 valence electrons. The minimum Gasteiger partial charge on any atom is -0.477 e. The highest BCUT2D eigenvalue weighted by Gasteiger charge is 2.13. The van der Waals surface area contributed by atoms with E-state index in [9.17, 15) is 19.7 Å². The van der Waals surface area contributed by atoms with Gasteiger partial charge in [-0.2, -0.15) is 4.68 Å². The summed E-state index contributed by atoms with van der Waals surface area (Å²) in [4.78, 5) is 35.7. The number of nitrogens with zero attached hydrogens (tertiary/aromatic N) is 4. The Balaban J connectivity index is 1.97. The fourth-order valence-corrected chi connectivity index (χ4v) is 1.48. The number of carbonyl (C=O) groups excluding carboxylic acids is 1. The third kappa shape index (κ3) is 3.59. The molecule has 0 aliphatic heterocycles. The lowest BCUT2D eigenvalue weighted by atomic mass is 10.3. The van der Waals surface area contributed by atoms with E-state index in [1.165, 1.54) is 30.6 Å². The second-order valence-electron chi connectivity index (χ2n) is 3.91. The van der Waals surface area contributed by atoms with E-state index in [1.807, 2.05) is 0 Å². The summed E-state index contributed by atoms with van der Waals surface area (Å²) in [6, 6.07) is 3.81. The fraction of sp³-hybridized carbons (Fsp3) is 0.0909. The van der Waals surface area contributed by atoms with Crippen molar-refractivity contribution in [3.05, 3.63) is 46.4 Å². The van der Waals surface area contributed by atoms with Gasteiger partial charge in [0.25, 0.3) is 0 Å². The van der Waals surface area contributed by atoms with Crippen LogP contribution >= 0.6 is 0 Å². The van der Waals surface area contributed by atoms with E-state index < -0.39 is 16.8 Å². The first-order valence-electron chi connectivity index (χ1n) is 5.63. The molecule has 0 unspecified atom stereocenters. The molecule has 2 aromatic rings. The minimum atomic E-state index is -1.17. The van der Waals surface area contributed by atoms with Crippen LogP contribution in [-0.2, 0) is 11.3 Å². The lowest BCUT2D eigenvalue weighted by molar-refractivity contribution is -0.389. The fourth-order valence-electron chi connectivity index (χ4n) is 1.48. The Bertz CT molecular complexity index is 693. The predicted molar refractivity (Wildman–Crippen MR) is 68.7 cm³/mol. The Morgan fingerprint density at radius 2 is 2.14 bits per heavy atom. The van der Waals surface area contributed by atoms with Crippen molar-refractivity contribution in [2.24, 2.45) is 0 Å². The maximum atomic E-state index is 11.7. The van der Waals surface area contributed by atoms with Crippen LogP contribution in [0.2, 0.25) is 0 Å². The number of carboxylic acid groups (broad SMARTS) is 1. The number of carbonyl (C=O) groups is 2. The molecule has 0 aromatic carbocycles. The largest absolute Gasteiger partial charge is 0.477 e. The Kier molecular flexibility index (Phi) is 3.88. The highest BCUT2D eigenvalue weighted by molar-refractivity contribution is 5.91. The summed E-state index contributed by atoms with van der Waals surface area (Å²) < 4.78 is 1.12. The average Bonchev–Trinajstić information content (AvgIpc) is 2.87. The van der Waals surface area contributed by atoms with Gasteiger partial charge >= 0.3 is 11.8 Å². The summed E-state index contributed by atoms with van der Waals surface area (Å²) in [7, 11) is 0. The smallest absolute Gasteiger partial charge is 0.389 e. The van der Waals surface area contributed by atoms with Crippen LogP contribution in [0.15, 0.2) is 30.6 Å². The van der Waals surface area contributed by atoms with Crippen LogP contribution in [0.4, 0.5) is 11.5 Å². The van der Waals surface area contributed by atoms with Gasteiger partial charge < -0.3 is 20.5 Å². The molecule has 0 spiro atoms. The van der Waals surface area contributed by atoms with E-state index >= 15 is 0 Å². The molecule has 21 heavy (non-hydrogen) atoms. The number of nitrogens with one attached hydrogen (secondary N) is 1. The molecule has 0 aliphatic carbocycles. The number of carboxylic acids is 1. The van der Waals surface area contributed by atoms with Crippen LogP contribution in [0.3, 0.4) is 0 Å². The topological polar surface area (TPSA) is 140 Å². The zero-order valence-electron chi connectivity index (χ0n) is 10.5. The van der Waals surface area contributed by atoms with E-state index in [2.05, 4.69) is 15.4 Å². The number of aromatic nitrogens is 3. The molecular weight excluding hydrogens is 282 g/mol. The number of anilines is 1. The average molecular weight is 291 g/mol. The summed E-state index contributed by atoms with van der Waals surface area (Å²) >= 11 is 0. The van der Waals surface area contributed by atoms with Crippen LogP contribution in [0, 0.1) is 10.1 Å². The van der Waals surface area contributed by atoms with Crippen molar-refractivity contribution < 1.29 is 19.6 Å². The van der Waals surface area contributed by atoms with Gasteiger partial charge in [-0.05, 0) is 17.1 Å². The third-order valence-electron chi connectivity index (χ3n) is 2.39. The van der Waals surface area contributed by atoms with Crippen LogP contribution in [0.5, 0.6) is 0 Å². The number of rotatable bonds is 5. The Morgan fingerprint density at radius 3 is 2.67 bits per heavy atom. The second kappa shape index (κ2) is 5.77. The molecule has 0 saturated carbocycles. The van der Waals surface area contributed by atoms with Crippen molar-refractivity contribution in [2.75, 3.05) is 5.32 Å². The molecule has 0 bridgehead atoms. The van der Waals surface area contributed by atoms with Crippen LogP contribution in [0.1, 0.15) is 10.5 Å². The molecule has 2 heterocycles. The molecule has 2 aromatic heterocycles. The summed E-state index contributed by atoms with van der Waals surface area (Å²) in [6.45, 7) is -0.214. The van der Waals surface area contributed by atoms with Crippen molar-refractivity contribution >= 4 is 23.4 Å². The van der Waals surface area contributed by atoms with Gasteiger partial charge in [0.2, 0.25) is 5.91 Å². The molecule has 10 nitrogen and oxygen atoms in total. The Morgan fingerprint density at radius 1 is 1.38 bits per heavy atom. The zero-order valence-corrected chi connectivity index (χ0v) is 10.5. The van der Waals surface area contributed by atoms with E-state index in [0.717, 1.165) is 4.68 Å². The summed E-state index contributed by atoms with van der Waals surface area (Å²) in [5.41, 5.74) is 0.169. The molecule has 10 heteroatoms. The lowest BCUT2D eigenvalue weighted by Gasteiger charge is -2.03. The molecule has 0 fully saturated rings. The lowest BCUT2D eigenvalue weighted by Crippen LogP contribution is -2.19. The monoisotopic (exact) mass is 291 g/mol. The van der Waals surface area contributed by atoms with Crippen LogP contribution in [-0.4, -0.2) is 36.7 Å². The quantitative estimate of drug-likeness (QED) is 0.604. The first kappa shape index (κ1) is 14.1. The van der Waals surface area contributed by atoms with Crippen molar-refractivity contribution in [3.63, 3.8) is 0 Å². The van der Waals surface area contributed by atoms with Crippen LogP contribution in [0.25, 0.3) is 0 Å². The number of hydrogen-bond acceptors (Lipinski definition) is 6. The van der Waals surface area contributed by atoms with Gasteiger partial charge in [-0.1, -0.05) is 0 Å². The Labute approximate surface area is 117 Å². The van der Waals surface area contributed by atoms with E-state index in [4.69, 9.17) is 5.11 Å². The summed E-state index contributed by atoms with van der Waals surface area (Å²) in [5.74, 6) is -2.00. The SMILES string of the molecule is O=C(Cn1ccc([N+](=O)[O-])n1)Nc1ccc(C(=O)O)nc1. The molecule has 0 aliphatic rings. The number of aromatic carboxylic acids is 1. The van der Waals surface area contributed by atoms with Crippen molar-refractivity contribution in [1.29, 1.82) is 0 Å². The standard InChI is InChI=1S/C11H9N5O5/c17-10(6-15-4-3-9(14-15)16(20)21)13-7-1-2-8(11(18)19)12-5-7/h1-5H,6H2,(H,13,17)(H,18,19). The van der Waals surface area contributed by atoms with E-state index in [1.54, 1.807) is 0 Å². The first-order valence-corrected chi connectivity index (χ1v) is 5.63.